The molecule has 0 aliphatic carbocycles. The number of rotatable bonds is 5. The summed E-state index contributed by atoms with van der Waals surface area (Å²) in [6, 6.07) is 8.97. The highest BCUT2D eigenvalue weighted by molar-refractivity contribution is 5.21. The molecule has 18 heavy (non-hydrogen) atoms. The second-order valence-corrected chi connectivity index (χ2v) is 5.55. The number of aliphatic hydroxyl groups excluding tert-OH is 1. The van der Waals surface area contributed by atoms with Gasteiger partial charge < -0.3 is 10.0 Å². The number of aryl methyl sites for hydroxylation is 1. The zero-order valence-electron chi connectivity index (χ0n) is 11.4. The molecule has 100 valence electrons. The van der Waals surface area contributed by atoms with Crippen LogP contribution in [-0.4, -0.2) is 36.2 Å². The van der Waals surface area contributed by atoms with Crippen LogP contribution in [0.15, 0.2) is 24.3 Å². The first-order valence-electron chi connectivity index (χ1n) is 7.16. The van der Waals surface area contributed by atoms with Gasteiger partial charge >= 0.3 is 0 Å². The molecule has 0 spiro atoms. The van der Waals surface area contributed by atoms with E-state index < -0.39 is 0 Å². The van der Waals surface area contributed by atoms with E-state index in [1.807, 2.05) is 0 Å². The van der Waals surface area contributed by atoms with Crippen molar-refractivity contribution in [3.63, 3.8) is 0 Å². The van der Waals surface area contributed by atoms with Crippen molar-refractivity contribution in [2.75, 3.05) is 26.2 Å². The average Bonchev–Trinajstić information content (AvgIpc) is 2.41. The number of hydrogen-bond acceptors (Lipinski definition) is 2. The van der Waals surface area contributed by atoms with Crippen LogP contribution in [0.1, 0.15) is 30.4 Å². The van der Waals surface area contributed by atoms with E-state index >= 15 is 0 Å². The number of piperidine rings is 1. The van der Waals surface area contributed by atoms with Gasteiger partial charge in [-0.2, -0.15) is 0 Å². The van der Waals surface area contributed by atoms with Gasteiger partial charge in [-0.1, -0.05) is 29.8 Å². The molecule has 1 saturated heterocycles. The Hall–Kier alpha value is -0.860. The third-order valence-electron chi connectivity index (χ3n) is 3.98. The van der Waals surface area contributed by atoms with Gasteiger partial charge in [-0.25, -0.2) is 0 Å². The summed E-state index contributed by atoms with van der Waals surface area (Å²) in [6.07, 6.45) is 4.76. The van der Waals surface area contributed by atoms with Crippen molar-refractivity contribution >= 4 is 0 Å². The first-order chi connectivity index (χ1) is 8.78. The van der Waals surface area contributed by atoms with E-state index in [1.165, 1.54) is 43.5 Å². The van der Waals surface area contributed by atoms with Gasteiger partial charge in [-0.3, -0.25) is 0 Å². The fourth-order valence-corrected chi connectivity index (χ4v) is 2.77. The molecule has 1 heterocycles. The summed E-state index contributed by atoms with van der Waals surface area (Å²) in [5, 5.41) is 8.84. The van der Waals surface area contributed by atoms with Crippen molar-refractivity contribution in [2.45, 2.75) is 32.6 Å². The lowest BCUT2D eigenvalue weighted by atomic mass is 9.90. The summed E-state index contributed by atoms with van der Waals surface area (Å²) in [5.74, 6) is 0.845. The Balaban J connectivity index is 1.74. The average molecular weight is 247 g/mol. The molecule has 1 aliphatic heterocycles. The zero-order chi connectivity index (χ0) is 12.8. The van der Waals surface area contributed by atoms with Gasteiger partial charge in [0.1, 0.15) is 0 Å². The lowest BCUT2D eigenvalue weighted by Gasteiger charge is -2.31. The van der Waals surface area contributed by atoms with Crippen molar-refractivity contribution in [3.05, 3.63) is 35.4 Å². The minimum Gasteiger partial charge on any atom is -0.396 e. The first kappa shape index (κ1) is 13.6. The van der Waals surface area contributed by atoms with E-state index in [4.69, 9.17) is 5.11 Å². The summed E-state index contributed by atoms with van der Waals surface area (Å²) in [5.41, 5.74) is 2.83. The van der Waals surface area contributed by atoms with Crippen LogP contribution >= 0.6 is 0 Å². The number of aliphatic hydroxyl groups is 1. The van der Waals surface area contributed by atoms with Gasteiger partial charge in [0.15, 0.2) is 0 Å². The van der Waals surface area contributed by atoms with E-state index in [9.17, 15) is 0 Å². The molecule has 0 amide bonds. The summed E-state index contributed by atoms with van der Waals surface area (Å²) in [7, 11) is 0. The lowest BCUT2D eigenvalue weighted by Crippen LogP contribution is -2.35. The smallest absolute Gasteiger partial charge is 0.0443 e. The maximum Gasteiger partial charge on any atom is 0.0443 e. The molecule has 2 rings (SSSR count). The van der Waals surface area contributed by atoms with Crippen molar-refractivity contribution < 1.29 is 5.11 Å². The quantitative estimate of drug-likeness (QED) is 0.864. The fourth-order valence-electron chi connectivity index (χ4n) is 2.77. The summed E-state index contributed by atoms with van der Waals surface area (Å²) in [6.45, 7) is 5.94. The van der Waals surface area contributed by atoms with Crippen LogP contribution < -0.4 is 0 Å². The number of hydrogen-bond donors (Lipinski definition) is 1. The highest BCUT2D eigenvalue weighted by atomic mass is 16.3. The molecule has 0 radical (unpaired) electrons. The van der Waals surface area contributed by atoms with Crippen LogP contribution in [0, 0.1) is 12.8 Å². The molecular formula is C16H25NO. The molecule has 2 heteroatoms. The van der Waals surface area contributed by atoms with Crippen LogP contribution in [0.4, 0.5) is 0 Å². The molecule has 1 N–H and O–H groups in total. The molecule has 1 aliphatic rings. The highest BCUT2D eigenvalue weighted by Crippen LogP contribution is 2.21. The monoisotopic (exact) mass is 247 g/mol. The van der Waals surface area contributed by atoms with Crippen LogP contribution in [0.2, 0.25) is 0 Å². The second-order valence-electron chi connectivity index (χ2n) is 5.55. The van der Waals surface area contributed by atoms with E-state index in [0.29, 0.717) is 6.61 Å². The molecule has 1 fully saturated rings. The molecule has 1 aromatic rings. The molecule has 1 aromatic carbocycles. The summed E-state index contributed by atoms with van der Waals surface area (Å²) < 4.78 is 0. The Morgan fingerprint density at radius 1 is 1.17 bits per heavy atom. The van der Waals surface area contributed by atoms with Crippen LogP contribution in [0.25, 0.3) is 0 Å². The van der Waals surface area contributed by atoms with Crippen LogP contribution in [-0.2, 0) is 6.42 Å². The highest BCUT2D eigenvalue weighted by Gasteiger charge is 2.18. The number of benzene rings is 1. The zero-order valence-corrected chi connectivity index (χ0v) is 11.4. The maximum atomic E-state index is 8.84. The maximum absolute atomic E-state index is 8.84. The van der Waals surface area contributed by atoms with Gasteiger partial charge in [-0.05, 0) is 57.2 Å². The predicted octanol–water partition coefficient (Wildman–Crippen LogP) is 2.63. The molecule has 0 saturated carbocycles. The normalized spacial score (nSPS) is 18.1. The summed E-state index contributed by atoms with van der Waals surface area (Å²) >= 11 is 0. The summed E-state index contributed by atoms with van der Waals surface area (Å²) in [4.78, 5) is 2.49. The van der Waals surface area contributed by atoms with Gasteiger partial charge in [-0.15, -0.1) is 0 Å². The molecule has 2 nitrogen and oxygen atoms in total. The van der Waals surface area contributed by atoms with Crippen molar-refractivity contribution in [1.29, 1.82) is 0 Å². The van der Waals surface area contributed by atoms with Crippen molar-refractivity contribution in [3.8, 4) is 0 Å². The van der Waals surface area contributed by atoms with E-state index in [0.717, 1.165) is 18.9 Å². The predicted molar refractivity (Wildman–Crippen MR) is 75.7 cm³/mol. The topological polar surface area (TPSA) is 23.5 Å². The SMILES string of the molecule is Cc1ccc(CC2CCN(CCCO)CC2)cc1. The van der Waals surface area contributed by atoms with Gasteiger partial charge in [0.25, 0.3) is 0 Å². The number of likely N-dealkylation sites (tertiary alicyclic amines) is 1. The minimum atomic E-state index is 0.323. The Bertz CT molecular complexity index is 339. The third kappa shape index (κ3) is 4.11. The first-order valence-corrected chi connectivity index (χ1v) is 7.16. The standard InChI is InChI=1S/C16H25NO/c1-14-3-5-15(6-4-14)13-16-7-10-17(11-8-16)9-2-12-18/h3-6,16,18H,2,7-13H2,1H3. The van der Waals surface area contributed by atoms with Crippen LogP contribution in [0.3, 0.4) is 0 Å². The van der Waals surface area contributed by atoms with Crippen molar-refractivity contribution in [1.82, 2.24) is 4.90 Å². The van der Waals surface area contributed by atoms with Crippen LogP contribution in [0.5, 0.6) is 0 Å². The minimum absolute atomic E-state index is 0.323. The van der Waals surface area contributed by atoms with Crippen molar-refractivity contribution in [2.24, 2.45) is 5.92 Å². The van der Waals surface area contributed by atoms with E-state index in [2.05, 4.69) is 36.1 Å². The Labute approximate surface area is 111 Å². The molecule has 0 aromatic heterocycles. The largest absolute Gasteiger partial charge is 0.396 e. The van der Waals surface area contributed by atoms with Gasteiger partial charge in [0, 0.05) is 13.2 Å². The third-order valence-corrected chi connectivity index (χ3v) is 3.98. The number of nitrogens with zero attached hydrogens (tertiary/aromatic N) is 1. The molecule has 0 bridgehead atoms. The molecule has 0 atom stereocenters. The van der Waals surface area contributed by atoms with E-state index in [-0.39, 0.29) is 0 Å². The van der Waals surface area contributed by atoms with Gasteiger partial charge in [0.05, 0.1) is 0 Å². The Morgan fingerprint density at radius 2 is 1.83 bits per heavy atom. The van der Waals surface area contributed by atoms with Gasteiger partial charge in [0.2, 0.25) is 0 Å². The lowest BCUT2D eigenvalue weighted by molar-refractivity contribution is 0.167. The fraction of sp³-hybridized carbons (Fsp3) is 0.625. The molecular weight excluding hydrogens is 222 g/mol. The Kier molecular flexibility index (Phi) is 5.21. The molecule has 0 unspecified atom stereocenters. The second kappa shape index (κ2) is 6.91. The Morgan fingerprint density at radius 3 is 2.44 bits per heavy atom. The van der Waals surface area contributed by atoms with E-state index in [1.54, 1.807) is 0 Å².